The van der Waals surface area contributed by atoms with Crippen molar-refractivity contribution in [1.29, 1.82) is 0 Å². The molecule has 7 nitrogen and oxygen atoms in total. The highest BCUT2D eigenvalue weighted by atomic mass is 16.6. The van der Waals surface area contributed by atoms with Gasteiger partial charge in [-0.1, -0.05) is 13.8 Å². The molecule has 2 N–H and O–H groups in total. The maximum absolute atomic E-state index is 12.2. The van der Waals surface area contributed by atoms with Crippen LogP contribution in [0.3, 0.4) is 0 Å². The van der Waals surface area contributed by atoms with E-state index in [9.17, 15) is 14.9 Å². The number of non-ortho nitro benzene ring substituents is 1. The average molecular weight is 319 g/mol. The monoisotopic (exact) mass is 319 g/mol. The fourth-order valence-electron chi connectivity index (χ4n) is 3.79. The molecule has 1 aromatic rings. The molecule has 0 aromatic heterocycles. The Morgan fingerprint density at radius 2 is 2.04 bits per heavy atom. The number of anilines is 1. The molecule has 1 aliphatic carbocycles. The van der Waals surface area contributed by atoms with Crippen LogP contribution < -0.4 is 10.6 Å². The summed E-state index contributed by atoms with van der Waals surface area (Å²) < 4.78 is 5.82. The zero-order chi connectivity index (χ0) is 16.6. The smallest absolute Gasteiger partial charge is 0.319 e. The molecule has 1 heterocycles. The molecule has 7 heteroatoms. The molecule has 0 unspecified atom stereocenters. The average Bonchev–Trinajstić information content (AvgIpc) is 2.53. The zero-order valence-electron chi connectivity index (χ0n) is 13.2. The first-order valence-electron chi connectivity index (χ1n) is 7.83. The number of ether oxygens (including phenoxy) is 1. The number of carbonyl (C=O) groups excluding carboxylic acids is 1. The summed E-state index contributed by atoms with van der Waals surface area (Å²) in [5, 5.41) is 16.4. The van der Waals surface area contributed by atoms with Crippen molar-refractivity contribution in [1.82, 2.24) is 5.32 Å². The molecule has 2 aliphatic rings. The van der Waals surface area contributed by atoms with Crippen LogP contribution in [0, 0.1) is 21.4 Å². The Bertz CT molecular complexity index is 614. The standard InChI is InChI=1S/C16H21N3O4/c1-16(2)13(12-4-3-9-23-14(12)16)18-15(20)17-10-5-7-11(8-6-10)19(21)22/h5-8,12-14H,3-4,9H2,1-2H3,(H2,17,18,20)/t12-,13+,14-/m0/s1. The molecule has 23 heavy (non-hydrogen) atoms. The largest absolute Gasteiger partial charge is 0.377 e. The van der Waals surface area contributed by atoms with E-state index in [4.69, 9.17) is 4.74 Å². The number of carbonyl (C=O) groups is 1. The van der Waals surface area contributed by atoms with Crippen molar-refractivity contribution in [2.45, 2.75) is 38.8 Å². The summed E-state index contributed by atoms with van der Waals surface area (Å²) in [6.07, 6.45) is 2.30. The first-order chi connectivity index (χ1) is 10.9. The lowest BCUT2D eigenvalue weighted by Crippen LogP contribution is -2.70. The van der Waals surface area contributed by atoms with E-state index in [0.29, 0.717) is 11.6 Å². The molecule has 1 aliphatic heterocycles. The number of fused-ring (bicyclic) bond motifs is 1. The highest BCUT2D eigenvalue weighted by molar-refractivity contribution is 5.89. The second kappa shape index (κ2) is 5.81. The molecule has 0 radical (unpaired) electrons. The van der Waals surface area contributed by atoms with Gasteiger partial charge in [-0.25, -0.2) is 4.79 Å². The van der Waals surface area contributed by atoms with Gasteiger partial charge in [0.2, 0.25) is 0 Å². The lowest BCUT2D eigenvalue weighted by atomic mass is 9.55. The Kier molecular flexibility index (Phi) is 3.97. The highest BCUT2D eigenvalue weighted by Crippen LogP contribution is 2.51. The number of hydrogen-bond acceptors (Lipinski definition) is 4. The molecule has 1 aromatic carbocycles. The number of nitrogens with one attached hydrogen (secondary N) is 2. The molecule has 2 fully saturated rings. The van der Waals surface area contributed by atoms with Crippen LogP contribution in [0.15, 0.2) is 24.3 Å². The molecule has 0 bridgehead atoms. The number of nitro groups is 1. The maximum atomic E-state index is 12.2. The molecular formula is C16H21N3O4. The number of amides is 2. The second-order valence-corrected chi connectivity index (χ2v) is 6.80. The Morgan fingerprint density at radius 3 is 2.70 bits per heavy atom. The van der Waals surface area contributed by atoms with E-state index in [1.54, 1.807) is 0 Å². The van der Waals surface area contributed by atoms with Crippen molar-refractivity contribution in [3.05, 3.63) is 34.4 Å². The van der Waals surface area contributed by atoms with E-state index in [-0.39, 0.29) is 29.3 Å². The van der Waals surface area contributed by atoms with Crippen LogP contribution in [0.5, 0.6) is 0 Å². The minimum Gasteiger partial charge on any atom is -0.377 e. The minimum atomic E-state index is -0.468. The minimum absolute atomic E-state index is 0.00159. The van der Waals surface area contributed by atoms with Crippen LogP contribution in [0.2, 0.25) is 0 Å². The van der Waals surface area contributed by atoms with Gasteiger partial charge in [0.15, 0.2) is 0 Å². The second-order valence-electron chi connectivity index (χ2n) is 6.80. The highest BCUT2D eigenvalue weighted by Gasteiger charge is 2.58. The Labute approximate surface area is 134 Å². The van der Waals surface area contributed by atoms with Gasteiger partial charge in [0.05, 0.1) is 11.0 Å². The third-order valence-corrected chi connectivity index (χ3v) is 4.95. The third kappa shape index (κ3) is 2.88. The van der Waals surface area contributed by atoms with Crippen LogP contribution in [0.25, 0.3) is 0 Å². The van der Waals surface area contributed by atoms with E-state index in [1.165, 1.54) is 24.3 Å². The van der Waals surface area contributed by atoms with Crippen molar-refractivity contribution in [3.8, 4) is 0 Å². The molecule has 0 spiro atoms. The van der Waals surface area contributed by atoms with Gasteiger partial charge in [-0.3, -0.25) is 10.1 Å². The lowest BCUT2D eigenvalue weighted by Gasteiger charge is -2.59. The lowest BCUT2D eigenvalue weighted by molar-refractivity contribution is -0.384. The first-order valence-corrected chi connectivity index (χ1v) is 7.83. The van der Waals surface area contributed by atoms with Crippen LogP contribution in [-0.4, -0.2) is 29.7 Å². The van der Waals surface area contributed by atoms with Crippen molar-refractivity contribution >= 4 is 17.4 Å². The number of benzene rings is 1. The van der Waals surface area contributed by atoms with E-state index in [1.807, 2.05) is 0 Å². The predicted octanol–water partition coefficient (Wildman–Crippen LogP) is 2.92. The molecule has 3 rings (SSSR count). The normalized spacial score (nSPS) is 28.2. The molecular weight excluding hydrogens is 298 g/mol. The Hall–Kier alpha value is -2.15. The molecule has 3 atom stereocenters. The van der Waals surface area contributed by atoms with E-state index < -0.39 is 4.92 Å². The topological polar surface area (TPSA) is 93.5 Å². The van der Waals surface area contributed by atoms with Gasteiger partial charge in [-0.2, -0.15) is 0 Å². The van der Waals surface area contributed by atoms with Crippen molar-refractivity contribution in [3.63, 3.8) is 0 Å². The van der Waals surface area contributed by atoms with Gasteiger partial charge in [0.1, 0.15) is 0 Å². The summed E-state index contributed by atoms with van der Waals surface area (Å²) in [6, 6.07) is 5.57. The molecule has 2 amide bonds. The molecule has 124 valence electrons. The number of hydrogen-bond donors (Lipinski definition) is 2. The summed E-state index contributed by atoms with van der Waals surface area (Å²) >= 11 is 0. The predicted molar refractivity (Wildman–Crippen MR) is 85.3 cm³/mol. The fourth-order valence-corrected chi connectivity index (χ4v) is 3.79. The third-order valence-electron chi connectivity index (χ3n) is 4.95. The zero-order valence-corrected chi connectivity index (χ0v) is 13.2. The van der Waals surface area contributed by atoms with Gasteiger partial charge in [0.25, 0.3) is 5.69 Å². The van der Waals surface area contributed by atoms with E-state index in [2.05, 4.69) is 24.5 Å². The van der Waals surface area contributed by atoms with Gasteiger partial charge >= 0.3 is 6.03 Å². The number of urea groups is 1. The van der Waals surface area contributed by atoms with Gasteiger partial charge < -0.3 is 15.4 Å². The first kappa shape index (κ1) is 15.7. The van der Waals surface area contributed by atoms with E-state index >= 15 is 0 Å². The molecule has 1 saturated heterocycles. The Morgan fingerprint density at radius 1 is 1.35 bits per heavy atom. The van der Waals surface area contributed by atoms with Crippen molar-refractivity contribution in [2.24, 2.45) is 11.3 Å². The SMILES string of the molecule is CC1(C)[C@H](NC(=O)Nc2ccc([N+](=O)[O-])cc2)[C@@H]2CCCO[C@@H]21. The summed E-state index contributed by atoms with van der Waals surface area (Å²) in [7, 11) is 0. The Balaban J connectivity index is 1.60. The summed E-state index contributed by atoms with van der Waals surface area (Å²) in [4.78, 5) is 22.4. The number of rotatable bonds is 3. The van der Waals surface area contributed by atoms with Crippen molar-refractivity contribution < 1.29 is 14.5 Å². The van der Waals surface area contributed by atoms with Crippen LogP contribution in [-0.2, 0) is 4.74 Å². The van der Waals surface area contributed by atoms with Crippen LogP contribution >= 0.6 is 0 Å². The van der Waals surface area contributed by atoms with Crippen LogP contribution in [0.1, 0.15) is 26.7 Å². The number of nitro benzene ring substituents is 1. The maximum Gasteiger partial charge on any atom is 0.319 e. The van der Waals surface area contributed by atoms with Gasteiger partial charge in [-0.05, 0) is 25.0 Å². The summed E-state index contributed by atoms with van der Waals surface area (Å²) in [5.74, 6) is 0.362. The summed E-state index contributed by atoms with van der Waals surface area (Å²) in [6.45, 7) is 5.01. The number of nitrogens with zero attached hydrogens (tertiary/aromatic N) is 1. The fraction of sp³-hybridized carbons (Fsp3) is 0.562. The van der Waals surface area contributed by atoms with E-state index in [0.717, 1.165) is 19.4 Å². The summed E-state index contributed by atoms with van der Waals surface area (Å²) in [5.41, 5.74) is 0.442. The van der Waals surface area contributed by atoms with Gasteiger partial charge in [0, 0.05) is 41.8 Å². The quantitative estimate of drug-likeness (QED) is 0.661. The molecule has 1 saturated carbocycles. The van der Waals surface area contributed by atoms with Crippen molar-refractivity contribution in [2.75, 3.05) is 11.9 Å². The van der Waals surface area contributed by atoms with Gasteiger partial charge in [-0.15, -0.1) is 0 Å². The van der Waals surface area contributed by atoms with Crippen LogP contribution in [0.4, 0.5) is 16.2 Å².